The van der Waals surface area contributed by atoms with E-state index in [4.69, 9.17) is 4.42 Å². The summed E-state index contributed by atoms with van der Waals surface area (Å²) in [4.78, 5) is 23.0. The number of benzene rings is 1. The van der Waals surface area contributed by atoms with E-state index in [0.29, 0.717) is 5.76 Å². The summed E-state index contributed by atoms with van der Waals surface area (Å²) < 4.78 is 32.1. The molecular formula is C17H20N4O5S. The molecule has 0 aliphatic rings. The van der Waals surface area contributed by atoms with E-state index in [9.17, 15) is 18.0 Å². The maximum Gasteiger partial charge on any atom is 0.329 e. The van der Waals surface area contributed by atoms with Crippen molar-refractivity contribution >= 4 is 28.1 Å². The van der Waals surface area contributed by atoms with Gasteiger partial charge in [0.2, 0.25) is 10.0 Å². The van der Waals surface area contributed by atoms with Crippen LogP contribution in [0.15, 0.2) is 56.9 Å². The molecule has 10 heteroatoms. The molecule has 0 saturated heterocycles. The van der Waals surface area contributed by atoms with E-state index in [0.717, 1.165) is 0 Å². The number of rotatable bonds is 7. The summed E-state index contributed by atoms with van der Waals surface area (Å²) in [5.74, 6) is -1.05. The van der Waals surface area contributed by atoms with Crippen LogP contribution in [-0.4, -0.2) is 32.5 Å². The Kier molecular flexibility index (Phi) is 6.85. The van der Waals surface area contributed by atoms with Gasteiger partial charge in [-0.15, -0.1) is 0 Å². The Morgan fingerprint density at radius 2 is 1.81 bits per heavy atom. The van der Waals surface area contributed by atoms with Crippen LogP contribution in [-0.2, 0) is 26.2 Å². The smallest absolute Gasteiger partial charge is 0.329 e. The molecule has 0 aliphatic carbocycles. The number of furan rings is 1. The molecule has 9 nitrogen and oxygen atoms in total. The Hall–Kier alpha value is -2.98. The summed E-state index contributed by atoms with van der Waals surface area (Å²) in [6.07, 6.45) is 1.20. The van der Waals surface area contributed by atoms with Crippen molar-refractivity contribution in [2.24, 2.45) is 5.10 Å². The average Bonchev–Trinajstić information content (AvgIpc) is 3.08. The lowest BCUT2D eigenvalue weighted by atomic mass is 10.4. The highest BCUT2D eigenvalue weighted by Gasteiger charge is 2.14. The zero-order valence-electron chi connectivity index (χ0n) is 14.8. The third-order valence-corrected chi connectivity index (χ3v) is 4.57. The maximum atomic E-state index is 12.1. The van der Waals surface area contributed by atoms with Crippen molar-refractivity contribution < 1.29 is 22.4 Å². The number of carbonyl (C=O) groups excluding carboxylic acids is 2. The fourth-order valence-electron chi connectivity index (χ4n) is 1.94. The molecule has 0 atom stereocenters. The van der Waals surface area contributed by atoms with Gasteiger partial charge in [0.15, 0.2) is 0 Å². The van der Waals surface area contributed by atoms with E-state index in [-0.39, 0.29) is 23.2 Å². The monoisotopic (exact) mass is 392 g/mol. The summed E-state index contributed by atoms with van der Waals surface area (Å²) >= 11 is 0. The summed E-state index contributed by atoms with van der Waals surface area (Å²) in [5.41, 5.74) is 2.07. The van der Waals surface area contributed by atoms with Gasteiger partial charge in [-0.2, -0.15) is 5.10 Å². The molecule has 0 radical (unpaired) electrons. The predicted octanol–water partition coefficient (Wildman–Crippen LogP) is 0.733. The summed E-state index contributed by atoms with van der Waals surface area (Å²) in [6.45, 7) is 3.41. The molecule has 1 aromatic heterocycles. The molecule has 0 saturated carbocycles. The van der Waals surface area contributed by atoms with Gasteiger partial charge >= 0.3 is 11.8 Å². The number of amides is 2. The molecule has 0 unspecified atom stereocenters. The van der Waals surface area contributed by atoms with E-state index in [2.05, 4.69) is 20.6 Å². The van der Waals surface area contributed by atoms with Crippen LogP contribution < -0.4 is 15.5 Å². The van der Waals surface area contributed by atoms with E-state index in [1.807, 2.05) is 0 Å². The number of carbonyl (C=O) groups is 2. The van der Waals surface area contributed by atoms with Crippen molar-refractivity contribution in [2.75, 3.05) is 0 Å². The van der Waals surface area contributed by atoms with Crippen molar-refractivity contribution in [1.29, 1.82) is 0 Å². The van der Waals surface area contributed by atoms with Crippen LogP contribution in [0.3, 0.4) is 0 Å². The first-order valence-electron chi connectivity index (χ1n) is 8.05. The van der Waals surface area contributed by atoms with Crippen LogP contribution in [0.4, 0.5) is 0 Å². The van der Waals surface area contributed by atoms with Crippen LogP contribution in [0.5, 0.6) is 0 Å². The molecule has 1 aromatic carbocycles. The normalized spacial score (nSPS) is 11.7. The summed E-state index contributed by atoms with van der Waals surface area (Å²) in [6, 6.07) is 10.9. The number of hydrazone groups is 1. The van der Waals surface area contributed by atoms with Gasteiger partial charge in [-0.1, -0.05) is 18.2 Å². The predicted molar refractivity (Wildman–Crippen MR) is 98.2 cm³/mol. The molecule has 0 fully saturated rings. The highest BCUT2D eigenvalue weighted by molar-refractivity contribution is 7.89. The highest BCUT2D eigenvalue weighted by Crippen LogP contribution is 2.10. The van der Waals surface area contributed by atoms with Crippen LogP contribution >= 0.6 is 0 Å². The fraction of sp³-hybridized carbons (Fsp3) is 0.235. The molecule has 27 heavy (non-hydrogen) atoms. The zero-order chi connectivity index (χ0) is 19.9. The number of hydrogen-bond donors (Lipinski definition) is 3. The van der Waals surface area contributed by atoms with Crippen molar-refractivity contribution in [1.82, 2.24) is 15.5 Å². The van der Waals surface area contributed by atoms with Gasteiger partial charge in [0.05, 0.1) is 17.7 Å². The number of sulfonamides is 1. The van der Waals surface area contributed by atoms with Crippen molar-refractivity contribution in [3.8, 4) is 0 Å². The Bertz CT molecular complexity index is 920. The largest absolute Gasteiger partial charge is 0.459 e. The standard InChI is InChI=1S/C17H20N4O5S/c1-12(2)20-16(22)17(23)21-18-10-13-8-9-14(26-13)11-19-27(24,25)15-6-4-3-5-7-15/h3-10,12,19H,11H2,1-2H3,(H,20,22)(H,21,23)/b18-10+. The lowest BCUT2D eigenvalue weighted by Crippen LogP contribution is -2.41. The Labute approximate surface area is 156 Å². The van der Waals surface area contributed by atoms with Gasteiger partial charge < -0.3 is 9.73 Å². The van der Waals surface area contributed by atoms with Crippen LogP contribution in [0.25, 0.3) is 0 Å². The first kappa shape index (κ1) is 20.3. The Morgan fingerprint density at radius 1 is 1.11 bits per heavy atom. The van der Waals surface area contributed by atoms with E-state index in [1.54, 1.807) is 44.2 Å². The van der Waals surface area contributed by atoms with Crippen molar-refractivity contribution in [3.63, 3.8) is 0 Å². The minimum Gasteiger partial charge on any atom is -0.459 e. The van der Waals surface area contributed by atoms with Gasteiger partial charge in [-0.25, -0.2) is 18.6 Å². The number of hydrogen-bond acceptors (Lipinski definition) is 6. The molecule has 2 aromatic rings. The second kappa shape index (κ2) is 9.10. The third kappa shape index (κ3) is 6.35. The molecule has 0 aliphatic heterocycles. The molecule has 2 rings (SSSR count). The Balaban J connectivity index is 1.88. The molecular weight excluding hydrogens is 372 g/mol. The van der Waals surface area contributed by atoms with Gasteiger partial charge in [-0.05, 0) is 38.1 Å². The molecule has 0 spiro atoms. The van der Waals surface area contributed by atoms with Crippen molar-refractivity contribution in [2.45, 2.75) is 31.3 Å². The van der Waals surface area contributed by atoms with E-state index >= 15 is 0 Å². The van der Waals surface area contributed by atoms with Gasteiger partial charge in [-0.3, -0.25) is 9.59 Å². The minimum atomic E-state index is -3.64. The third-order valence-electron chi connectivity index (χ3n) is 3.16. The molecule has 3 N–H and O–H groups in total. The fourth-order valence-corrected chi connectivity index (χ4v) is 2.96. The lowest BCUT2D eigenvalue weighted by Gasteiger charge is -2.05. The van der Waals surface area contributed by atoms with Crippen LogP contribution in [0.1, 0.15) is 25.4 Å². The van der Waals surface area contributed by atoms with Crippen molar-refractivity contribution in [3.05, 3.63) is 54.0 Å². The first-order valence-corrected chi connectivity index (χ1v) is 9.53. The maximum absolute atomic E-state index is 12.1. The van der Waals surface area contributed by atoms with E-state index in [1.165, 1.54) is 18.3 Å². The molecule has 144 valence electrons. The lowest BCUT2D eigenvalue weighted by molar-refractivity contribution is -0.139. The number of nitrogens with one attached hydrogen (secondary N) is 3. The molecule has 0 bridgehead atoms. The average molecular weight is 392 g/mol. The summed E-state index contributed by atoms with van der Waals surface area (Å²) in [5, 5.41) is 6.05. The topological polar surface area (TPSA) is 130 Å². The van der Waals surface area contributed by atoms with Gasteiger partial charge in [0, 0.05) is 6.04 Å². The van der Waals surface area contributed by atoms with E-state index < -0.39 is 21.8 Å². The second-order valence-corrected chi connectivity index (χ2v) is 7.54. The van der Waals surface area contributed by atoms with Crippen LogP contribution in [0.2, 0.25) is 0 Å². The van der Waals surface area contributed by atoms with Gasteiger partial charge in [0.25, 0.3) is 0 Å². The van der Waals surface area contributed by atoms with Crippen LogP contribution in [0, 0.1) is 0 Å². The minimum absolute atomic E-state index is 0.0474. The number of nitrogens with zero attached hydrogens (tertiary/aromatic N) is 1. The summed E-state index contributed by atoms with van der Waals surface area (Å²) in [7, 11) is -3.64. The molecule has 2 amide bonds. The quantitative estimate of drug-likeness (QED) is 0.363. The second-order valence-electron chi connectivity index (χ2n) is 5.77. The first-order chi connectivity index (χ1) is 12.8. The van der Waals surface area contributed by atoms with Gasteiger partial charge in [0.1, 0.15) is 11.5 Å². The highest BCUT2D eigenvalue weighted by atomic mass is 32.2. The molecule has 1 heterocycles. The zero-order valence-corrected chi connectivity index (χ0v) is 15.6. The SMILES string of the molecule is CC(C)NC(=O)C(=O)N/N=C/c1ccc(CNS(=O)(=O)c2ccccc2)o1. The Morgan fingerprint density at radius 3 is 2.48 bits per heavy atom.